The second kappa shape index (κ2) is 5.93. The average Bonchev–Trinajstić information content (AvgIpc) is 2.42. The van der Waals surface area contributed by atoms with Crippen LogP contribution in [0, 0.1) is 11.6 Å². The zero-order chi connectivity index (χ0) is 14.8. The Morgan fingerprint density at radius 1 is 1.30 bits per heavy atom. The Hall–Kier alpha value is -0.760. The number of benzene rings is 1. The molecule has 0 aromatic heterocycles. The maximum Gasteiger partial charge on any atom is 0.244 e. The van der Waals surface area contributed by atoms with Crippen molar-refractivity contribution in [1.82, 2.24) is 4.72 Å². The summed E-state index contributed by atoms with van der Waals surface area (Å²) >= 11 is 5.85. The molecule has 8 heteroatoms. The van der Waals surface area contributed by atoms with Gasteiger partial charge in [0.25, 0.3) is 0 Å². The molecule has 1 aliphatic rings. The summed E-state index contributed by atoms with van der Waals surface area (Å²) in [5.74, 6) is -1.79. The predicted octanol–water partition coefficient (Wildman–Crippen LogP) is 2.03. The summed E-state index contributed by atoms with van der Waals surface area (Å²) in [7, 11) is -4.19. The van der Waals surface area contributed by atoms with Crippen LogP contribution in [0.5, 0.6) is 0 Å². The number of ether oxygens (including phenoxy) is 1. The number of nitrogens with one attached hydrogen (secondary N) is 1. The molecule has 20 heavy (non-hydrogen) atoms. The van der Waals surface area contributed by atoms with Gasteiger partial charge >= 0.3 is 0 Å². The van der Waals surface area contributed by atoms with Gasteiger partial charge in [-0.15, -0.1) is 11.6 Å². The van der Waals surface area contributed by atoms with E-state index in [0.717, 1.165) is 12.1 Å². The summed E-state index contributed by atoms with van der Waals surface area (Å²) in [6.45, 7) is 0.724. The molecule has 4 nitrogen and oxygen atoms in total. The molecule has 0 radical (unpaired) electrons. The van der Waals surface area contributed by atoms with Crippen molar-refractivity contribution in [3.05, 3.63) is 29.8 Å². The third kappa shape index (κ3) is 3.28. The quantitative estimate of drug-likeness (QED) is 0.862. The highest BCUT2D eigenvalue weighted by atomic mass is 35.5. The first-order chi connectivity index (χ1) is 9.38. The van der Waals surface area contributed by atoms with Crippen LogP contribution in [0.4, 0.5) is 8.78 Å². The van der Waals surface area contributed by atoms with Crippen molar-refractivity contribution in [3.8, 4) is 0 Å². The topological polar surface area (TPSA) is 55.4 Å². The molecular formula is C12H14ClF2NO3S. The van der Waals surface area contributed by atoms with E-state index in [2.05, 4.69) is 4.72 Å². The minimum Gasteiger partial charge on any atom is -0.381 e. The van der Waals surface area contributed by atoms with Gasteiger partial charge < -0.3 is 4.74 Å². The fourth-order valence-electron chi connectivity index (χ4n) is 2.05. The first kappa shape index (κ1) is 15.6. The van der Waals surface area contributed by atoms with Gasteiger partial charge in [-0.05, 0) is 31.0 Å². The molecule has 1 saturated heterocycles. The van der Waals surface area contributed by atoms with Crippen molar-refractivity contribution in [3.63, 3.8) is 0 Å². The summed E-state index contributed by atoms with van der Waals surface area (Å²) in [5.41, 5.74) is -0.891. The molecule has 0 unspecified atom stereocenters. The maximum absolute atomic E-state index is 13.6. The van der Waals surface area contributed by atoms with E-state index in [1.807, 2.05) is 0 Å². The van der Waals surface area contributed by atoms with Crippen molar-refractivity contribution in [2.24, 2.45) is 0 Å². The minimum atomic E-state index is -4.19. The second-order valence-electron chi connectivity index (χ2n) is 4.71. The van der Waals surface area contributed by atoms with Crippen LogP contribution in [0.2, 0.25) is 0 Å². The van der Waals surface area contributed by atoms with Crippen molar-refractivity contribution < 1.29 is 21.9 Å². The number of hydrogen-bond acceptors (Lipinski definition) is 3. The first-order valence-electron chi connectivity index (χ1n) is 6.01. The Kier molecular flexibility index (Phi) is 4.63. The van der Waals surface area contributed by atoms with Gasteiger partial charge in [-0.3, -0.25) is 0 Å². The molecule has 1 fully saturated rings. The van der Waals surface area contributed by atoms with Gasteiger partial charge in [0.05, 0.1) is 5.54 Å². The van der Waals surface area contributed by atoms with Crippen molar-refractivity contribution in [2.75, 3.05) is 19.1 Å². The third-order valence-electron chi connectivity index (χ3n) is 3.24. The summed E-state index contributed by atoms with van der Waals surface area (Å²) in [6.07, 6.45) is 0.763. The summed E-state index contributed by atoms with van der Waals surface area (Å²) in [6, 6.07) is 2.29. The van der Waals surface area contributed by atoms with E-state index in [9.17, 15) is 17.2 Å². The van der Waals surface area contributed by atoms with E-state index < -0.39 is 32.1 Å². The molecule has 0 aliphatic carbocycles. The SMILES string of the molecule is O=S(=O)(NC1(CCl)CCOCC1)c1cc(F)ccc1F. The van der Waals surface area contributed by atoms with Crippen LogP contribution in [-0.2, 0) is 14.8 Å². The lowest BCUT2D eigenvalue weighted by molar-refractivity contribution is 0.0549. The van der Waals surface area contributed by atoms with Crippen molar-refractivity contribution in [2.45, 2.75) is 23.3 Å². The zero-order valence-electron chi connectivity index (χ0n) is 10.5. The molecule has 1 heterocycles. The average molecular weight is 326 g/mol. The third-order valence-corrected chi connectivity index (χ3v) is 5.34. The van der Waals surface area contributed by atoms with Crippen LogP contribution in [0.1, 0.15) is 12.8 Å². The van der Waals surface area contributed by atoms with Gasteiger partial charge in [-0.2, -0.15) is 0 Å². The van der Waals surface area contributed by atoms with E-state index in [-0.39, 0.29) is 5.88 Å². The standard InChI is InChI=1S/C12H14ClF2NO3S/c13-8-12(3-5-19-6-4-12)16-20(17,18)11-7-9(14)1-2-10(11)15/h1-2,7,16H,3-6,8H2. The number of halogens is 3. The largest absolute Gasteiger partial charge is 0.381 e. The minimum absolute atomic E-state index is 0.0343. The normalized spacial score (nSPS) is 18.9. The van der Waals surface area contributed by atoms with E-state index in [1.165, 1.54) is 0 Å². The number of rotatable bonds is 4. The molecule has 1 aromatic carbocycles. The molecule has 0 atom stereocenters. The van der Waals surface area contributed by atoms with Crippen LogP contribution >= 0.6 is 11.6 Å². The molecule has 0 bridgehead atoms. The number of alkyl halides is 1. The maximum atomic E-state index is 13.6. The lowest BCUT2D eigenvalue weighted by atomic mass is 9.94. The monoisotopic (exact) mass is 325 g/mol. The van der Waals surface area contributed by atoms with Gasteiger partial charge in [0.1, 0.15) is 16.5 Å². The molecule has 2 rings (SSSR count). The van der Waals surface area contributed by atoms with Crippen molar-refractivity contribution >= 4 is 21.6 Å². The molecule has 1 aromatic rings. The van der Waals surface area contributed by atoms with E-state index in [1.54, 1.807) is 0 Å². The van der Waals surface area contributed by atoms with E-state index in [4.69, 9.17) is 16.3 Å². The predicted molar refractivity (Wildman–Crippen MR) is 70.2 cm³/mol. The fraction of sp³-hybridized carbons (Fsp3) is 0.500. The van der Waals surface area contributed by atoms with Gasteiger partial charge in [-0.1, -0.05) is 0 Å². The fourth-order valence-corrected chi connectivity index (χ4v) is 4.01. The Labute approximate surface area is 121 Å². The highest BCUT2D eigenvalue weighted by Crippen LogP contribution is 2.26. The Morgan fingerprint density at radius 3 is 2.55 bits per heavy atom. The lowest BCUT2D eigenvalue weighted by Crippen LogP contribution is -2.53. The lowest BCUT2D eigenvalue weighted by Gasteiger charge is -2.35. The summed E-state index contributed by atoms with van der Waals surface area (Å²) < 4.78 is 58.7. The van der Waals surface area contributed by atoms with Crippen LogP contribution in [0.15, 0.2) is 23.1 Å². The van der Waals surface area contributed by atoms with E-state index in [0.29, 0.717) is 32.1 Å². The van der Waals surface area contributed by atoms with Gasteiger partial charge in [0.2, 0.25) is 10.0 Å². The zero-order valence-corrected chi connectivity index (χ0v) is 12.1. The smallest absolute Gasteiger partial charge is 0.244 e. The van der Waals surface area contributed by atoms with Crippen LogP contribution in [0.3, 0.4) is 0 Å². The summed E-state index contributed by atoms with van der Waals surface area (Å²) in [4.78, 5) is -0.714. The van der Waals surface area contributed by atoms with Gasteiger partial charge in [0, 0.05) is 19.1 Å². The molecule has 0 saturated carbocycles. The highest BCUT2D eigenvalue weighted by Gasteiger charge is 2.37. The van der Waals surface area contributed by atoms with E-state index >= 15 is 0 Å². The summed E-state index contributed by atoms with van der Waals surface area (Å²) in [5, 5.41) is 0. The second-order valence-corrected chi connectivity index (χ2v) is 6.62. The first-order valence-corrected chi connectivity index (χ1v) is 8.03. The van der Waals surface area contributed by atoms with Gasteiger partial charge in [-0.25, -0.2) is 21.9 Å². The van der Waals surface area contributed by atoms with Crippen LogP contribution < -0.4 is 4.72 Å². The van der Waals surface area contributed by atoms with Crippen molar-refractivity contribution in [1.29, 1.82) is 0 Å². The number of sulfonamides is 1. The Morgan fingerprint density at radius 2 is 1.95 bits per heavy atom. The Balaban J connectivity index is 2.32. The van der Waals surface area contributed by atoms with Gasteiger partial charge in [0.15, 0.2) is 0 Å². The Bertz CT molecular complexity index is 588. The number of hydrogen-bond donors (Lipinski definition) is 1. The van der Waals surface area contributed by atoms with Crippen LogP contribution in [0.25, 0.3) is 0 Å². The molecule has 1 aliphatic heterocycles. The molecule has 0 amide bonds. The molecule has 0 spiro atoms. The molecule has 1 N–H and O–H groups in total. The highest BCUT2D eigenvalue weighted by molar-refractivity contribution is 7.89. The van der Waals surface area contributed by atoms with Crippen LogP contribution in [-0.4, -0.2) is 33.1 Å². The molecule has 112 valence electrons. The molecular weight excluding hydrogens is 312 g/mol.